The highest BCUT2D eigenvalue weighted by Crippen LogP contribution is 2.15. The van der Waals surface area contributed by atoms with Crippen molar-refractivity contribution in [3.05, 3.63) is 11.8 Å². The number of aromatic nitrogens is 4. The molecule has 0 fully saturated rings. The lowest BCUT2D eigenvalue weighted by molar-refractivity contribution is 0.399. The summed E-state index contributed by atoms with van der Waals surface area (Å²) in [5.41, 5.74) is 11.3. The topological polar surface area (TPSA) is 117 Å². The van der Waals surface area contributed by atoms with E-state index in [1.54, 1.807) is 13.0 Å². The highest BCUT2D eigenvalue weighted by Gasteiger charge is 2.08. The molecular formula is C7H8N6O. The molecule has 4 N–H and O–H groups in total. The van der Waals surface area contributed by atoms with Gasteiger partial charge in [0, 0.05) is 6.07 Å². The molecule has 0 amide bonds. The summed E-state index contributed by atoms with van der Waals surface area (Å²) in [6.07, 6.45) is 0. The molecule has 2 aromatic rings. The Bertz CT molecular complexity index is 445. The van der Waals surface area contributed by atoms with Crippen LogP contribution in [0.2, 0.25) is 0 Å². The van der Waals surface area contributed by atoms with Crippen LogP contribution in [-0.2, 0) is 0 Å². The van der Waals surface area contributed by atoms with Crippen molar-refractivity contribution in [3.8, 4) is 11.5 Å². The van der Waals surface area contributed by atoms with Crippen molar-refractivity contribution >= 4 is 11.9 Å². The second-order valence-corrected chi connectivity index (χ2v) is 2.70. The molecular weight excluding hydrogens is 184 g/mol. The van der Waals surface area contributed by atoms with E-state index in [9.17, 15) is 0 Å². The van der Waals surface area contributed by atoms with Crippen LogP contribution in [0.25, 0.3) is 11.5 Å². The van der Waals surface area contributed by atoms with Crippen LogP contribution in [0.4, 0.5) is 11.9 Å². The van der Waals surface area contributed by atoms with E-state index in [0.29, 0.717) is 17.3 Å². The van der Waals surface area contributed by atoms with Crippen LogP contribution in [0.15, 0.2) is 10.6 Å². The number of hydrogen-bond donors (Lipinski definition) is 2. The van der Waals surface area contributed by atoms with Crippen LogP contribution in [-0.4, -0.2) is 20.1 Å². The fourth-order valence-corrected chi connectivity index (χ4v) is 0.996. The minimum absolute atomic E-state index is 0.0631. The second-order valence-electron chi connectivity index (χ2n) is 2.70. The molecule has 0 spiro atoms. The lowest BCUT2D eigenvalue weighted by Crippen LogP contribution is -2.04. The summed E-state index contributed by atoms with van der Waals surface area (Å²) in [7, 11) is 0. The van der Waals surface area contributed by atoms with Crippen LogP contribution >= 0.6 is 0 Å². The fraction of sp³-hybridized carbons (Fsp3) is 0.143. The molecule has 0 saturated carbocycles. The lowest BCUT2D eigenvalue weighted by atomic mass is 10.3. The first-order chi connectivity index (χ1) is 6.65. The van der Waals surface area contributed by atoms with Gasteiger partial charge in [0.25, 0.3) is 0 Å². The number of nitrogens with two attached hydrogens (primary N) is 2. The zero-order valence-electron chi connectivity index (χ0n) is 7.43. The highest BCUT2D eigenvalue weighted by atomic mass is 16.5. The van der Waals surface area contributed by atoms with Crippen LogP contribution in [0.1, 0.15) is 5.76 Å². The lowest BCUT2D eigenvalue weighted by Gasteiger charge is -1.96. The minimum Gasteiger partial charge on any atom is -0.368 e. The average molecular weight is 192 g/mol. The Hall–Kier alpha value is -2.18. The summed E-state index contributed by atoms with van der Waals surface area (Å²) in [5.74, 6) is 1.10. The second kappa shape index (κ2) is 2.95. The zero-order valence-corrected chi connectivity index (χ0v) is 7.43. The van der Waals surface area contributed by atoms with Crippen molar-refractivity contribution in [2.45, 2.75) is 6.92 Å². The number of nitrogen functional groups attached to an aromatic ring is 2. The van der Waals surface area contributed by atoms with E-state index < -0.39 is 0 Å². The third-order valence-corrected chi connectivity index (χ3v) is 1.53. The van der Waals surface area contributed by atoms with Gasteiger partial charge in [0.15, 0.2) is 11.5 Å². The zero-order chi connectivity index (χ0) is 10.1. The molecule has 0 saturated heterocycles. The van der Waals surface area contributed by atoms with Gasteiger partial charge in [-0.3, -0.25) is 0 Å². The molecule has 2 heterocycles. The largest absolute Gasteiger partial charge is 0.368 e. The van der Waals surface area contributed by atoms with Gasteiger partial charge in [-0.05, 0) is 6.92 Å². The molecule has 0 bridgehead atoms. The van der Waals surface area contributed by atoms with Crippen LogP contribution in [0, 0.1) is 6.92 Å². The quantitative estimate of drug-likeness (QED) is 0.652. The summed E-state index contributed by atoms with van der Waals surface area (Å²) in [4.78, 5) is 11.4. The third kappa shape index (κ3) is 1.47. The summed E-state index contributed by atoms with van der Waals surface area (Å²) in [5, 5.41) is 3.73. The highest BCUT2D eigenvalue weighted by molar-refractivity contribution is 5.51. The maximum atomic E-state index is 5.40. The van der Waals surface area contributed by atoms with Crippen LogP contribution in [0.3, 0.4) is 0 Å². The maximum Gasteiger partial charge on any atom is 0.225 e. The Morgan fingerprint density at radius 3 is 2.29 bits per heavy atom. The van der Waals surface area contributed by atoms with Crippen molar-refractivity contribution < 1.29 is 4.52 Å². The molecule has 0 aliphatic carbocycles. The van der Waals surface area contributed by atoms with Crippen molar-refractivity contribution in [1.29, 1.82) is 0 Å². The number of hydrogen-bond acceptors (Lipinski definition) is 7. The van der Waals surface area contributed by atoms with E-state index in [0.717, 1.165) is 0 Å². The third-order valence-electron chi connectivity index (χ3n) is 1.53. The van der Waals surface area contributed by atoms with Crippen LogP contribution < -0.4 is 11.5 Å². The molecule has 14 heavy (non-hydrogen) atoms. The van der Waals surface area contributed by atoms with Gasteiger partial charge in [0.2, 0.25) is 11.9 Å². The van der Waals surface area contributed by atoms with Crippen molar-refractivity contribution in [3.63, 3.8) is 0 Å². The first kappa shape index (κ1) is 8.42. The van der Waals surface area contributed by atoms with Gasteiger partial charge in [-0.15, -0.1) is 0 Å². The van der Waals surface area contributed by atoms with Gasteiger partial charge in [0.05, 0.1) is 0 Å². The first-order valence-corrected chi connectivity index (χ1v) is 3.86. The minimum atomic E-state index is 0.0631. The van der Waals surface area contributed by atoms with E-state index in [-0.39, 0.29) is 11.9 Å². The average Bonchev–Trinajstić information content (AvgIpc) is 2.50. The van der Waals surface area contributed by atoms with Crippen molar-refractivity contribution in [2.75, 3.05) is 11.5 Å². The summed E-state index contributed by atoms with van der Waals surface area (Å²) >= 11 is 0. The van der Waals surface area contributed by atoms with E-state index in [1.807, 2.05) is 0 Å². The van der Waals surface area contributed by atoms with Gasteiger partial charge in [-0.25, -0.2) is 0 Å². The van der Waals surface area contributed by atoms with Gasteiger partial charge >= 0.3 is 0 Å². The Labute approximate surface area is 79.2 Å². The molecule has 7 heteroatoms. The van der Waals surface area contributed by atoms with Crippen molar-refractivity contribution in [2.24, 2.45) is 0 Å². The summed E-state index contributed by atoms with van der Waals surface area (Å²) < 4.78 is 4.87. The molecule has 0 unspecified atom stereocenters. The van der Waals surface area contributed by atoms with E-state index >= 15 is 0 Å². The molecule has 72 valence electrons. The van der Waals surface area contributed by atoms with Crippen LogP contribution in [0.5, 0.6) is 0 Å². The Morgan fingerprint density at radius 2 is 1.79 bits per heavy atom. The van der Waals surface area contributed by atoms with Gasteiger partial charge in [-0.2, -0.15) is 15.0 Å². The van der Waals surface area contributed by atoms with E-state index in [4.69, 9.17) is 16.0 Å². The number of nitrogens with zero attached hydrogens (tertiary/aromatic N) is 4. The van der Waals surface area contributed by atoms with E-state index in [1.165, 1.54) is 0 Å². The SMILES string of the molecule is Cc1cc(-c2nc(N)nc(N)n2)no1. The molecule has 2 aromatic heterocycles. The van der Waals surface area contributed by atoms with E-state index in [2.05, 4.69) is 20.1 Å². The Kier molecular flexibility index (Phi) is 1.77. The Morgan fingerprint density at radius 1 is 1.14 bits per heavy atom. The number of rotatable bonds is 1. The standard InChI is InChI=1S/C7H8N6O/c1-3-2-4(13-14-3)5-10-6(8)12-7(9)11-5/h2H,1H3,(H4,8,9,10,11,12). The molecule has 0 aliphatic heterocycles. The molecule has 2 rings (SSSR count). The predicted octanol–water partition coefficient (Wildman–Crippen LogP) is -0.000580. The van der Waals surface area contributed by atoms with Crippen molar-refractivity contribution in [1.82, 2.24) is 20.1 Å². The molecule has 7 nitrogen and oxygen atoms in total. The number of anilines is 2. The van der Waals surface area contributed by atoms with Gasteiger partial charge < -0.3 is 16.0 Å². The first-order valence-electron chi connectivity index (χ1n) is 3.86. The molecule has 0 aliphatic rings. The summed E-state index contributed by atoms with van der Waals surface area (Å²) in [6, 6.07) is 1.69. The molecule has 0 atom stereocenters. The van der Waals surface area contributed by atoms with Gasteiger partial charge in [0.1, 0.15) is 5.76 Å². The summed E-state index contributed by atoms with van der Waals surface area (Å²) in [6.45, 7) is 1.77. The molecule has 0 radical (unpaired) electrons. The molecule has 0 aromatic carbocycles. The smallest absolute Gasteiger partial charge is 0.225 e. The monoisotopic (exact) mass is 192 g/mol. The normalized spacial score (nSPS) is 10.4. The fourth-order valence-electron chi connectivity index (χ4n) is 0.996. The Balaban J connectivity index is 2.51. The number of aryl methyl sites for hydroxylation is 1. The maximum absolute atomic E-state index is 5.40. The van der Waals surface area contributed by atoms with Gasteiger partial charge in [-0.1, -0.05) is 5.16 Å². The predicted molar refractivity (Wildman–Crippen MR) is 48.9 cm³/mol.